The molecule has 105 heavy (non-hydrogen) atoms. The molecule has 0 aliphatic heterocycles. The second-order valence-corrected chi connectivity index (χ2v) is 30.5. The molecule has 0 bridgehead atoms. The lowest BCUT2D eigenvalue weighted by Crippen LogP contribution is -2.26. The standard InChI is InChI=1S/C103H86N2/c1-7-69-39-43-71(44-40-69)23-9-11-25-73-47-51-75(52-48-73)77-55-59-79(60-56-77)104(81-63-65-85-83-27-13-17-31-89(83)101(3,4)95(85)67-81)97-37-21-35-93-99(97)87-29-15-19-33-91(87)103(93)92-34-20-16-30-88(92)100-94(103)36-22-38-98(100)105(82-64-66-86-84-28-14-18-32-90(84)102(5,6)96(86)68-82)80-61-57-78(58-62-80)76-53-49-74(50-54-76)26-12-10-24-72-45-41-70(8-2)42-46-72/h7-8,13-22,27-68H,1-2,9-12,23-26H2,3-6H3. The predicted octanol–water partition coefficient (Wildman–Crippen LogP) is 27.3. The molecule has 14 aromatic carbocycles. The Morgan fingerprint density at radius 3 is 0.895 bits per heavy atom. The second kappa shape index (κ2) is 26.5. The van der Waals surface area contributed by atoms with Gasteiger partial charge in [0.2, 0.25) is 0 Å². The highest BCUT2D eigenvalue weighted by atomic mass is 15.2. The van der Waals surface area contributed by atoms with Crippen molar-refractivity contribution in [1.29, 1.82) is 0 Å². The zero-order chi connectivity index (χ0) is 71.0. The number of unbranched alkanes of at least 4 members (excludes halogenated alkanes) is 2. The molecule has 0 radical (unpaired) electrons. The van der Waals surface area contributed by atoms with Crippen LogP contribution < -0.4 is 9.80 Å². The normalized spacial score (nSPS) is 13.8. The van der Waals surface area contributed by atoms with Crippen molar-refractivity contribution < 1.29 is 0 Å². The Balaban J connectivity index is 0.735. The predicted molar refractivity (Wildman–Crippen MR) is 444 cm³/mol. The van der Waals surface area contributed by atoms with Gasteiger partial charge in [0.25, 0.3) is 0 Å². The maximum Gasteiger partial charge on any atom is 0.0727 e. The molecule has 18 rings (SSSR count). The highest BCUT2D eigenvalue weighted by molar-refractivity contribution is 6.05. The third-order valence-corrected chi connectivity index (χ3v) is 23.8. The van der Waals surface area contributed by atoms with E-state index in [2.05, 4.69) is 366 Å². The lowest BCUT2D eigenvalue weighted by Gasteiger charge is -2.33. The highest BCUT2D eigenvalue weighted by Crippen LogP contribution is 2.67. The van der Waals surface area contributed by atoms with Crippen molar-refractivity contribution in [3.05, 3.63) is 406 Å². The molecule has 508 valence electrons. The van der Waals surface area contributed by atoms with E-state index in [0.717, 1.165) is 85.5 Å². The van der Waals surface area contributed by atoms with Gasteiger partial charge in [-0.05, 0) is 246 Å². The van der Waals surface area contributed by atoms with Crippen LogP contribution in [0.15, 0.2) is 329 Å². The summed E-state index contributed by atoms with van der Waals surface area (Å²) < 4.78 is 0. The molecule has 0 saturated carbocycles. The Kier molecular flexibility index (Phi) is 16.4. The van der Waals surface area contributed by atoms with Gasteiger partial charge in [0.05, 0.1) is 16.8 Å². The summed E-state index contributed by atoms with van der Waals surface area (Å²) in [5, 5.41) is 0. The van der Waals surface area contributed by atoms with E-state index in [1.165, 1.54) is 145 Å². The Morgan fingerprint density at radius 2 is 0.543 bits per heavy atom. The molecular weight excluding hydrogens is 1270 g/mol. The molecule has 4 aliphatic rings. The molecule has 0 aromatic heterocycles. The van der Waals surface area contributed by atoms with Crippen molar-refractivity contribution in [1.82, 2.24) is 0 Å². The van der Waals surface area contributed by atoms with E-state index in [1.807, 2.05) is 12.2 Å². The monoisotopic (exact) mass is 1350 g/mol. The first-order valence-corrected chi connectivity index (χ1v) is 37.9. The third-order valence-electron chi connectivity index (χ3n) is 23.8. The average Bonchev–Trinajstić information content (AvgIpc) is 1.50. The van der Waals surface area contributed by atoms with E-state index >= 15 is 0 Å². The molecule has 0 saturated heterocycles. The van der Waals surface area contributed by atoms with Crippen LogP contribution in [0.5, 0.6) is 0 Å². The van der Waals surface area contributed by atoms with Crippen molar-refractivity contribution in [3.63, 3.8) is 0 Å². The van der Waals surface area contributed by atoms with Crippen LogP contribution >= 0.6 is 0 Å². The Morgan fingerprint density at radius 1 is 0.257 bits per heavy atom. The minimum atomic E-state index is -0.661. The maximum absolute atomic E-state index is 3.93. The third kappa shape index (κ3) is 11.1. The molecule has 0 fully saturated rings. The Hall–Kier alpha value is -11.8. The van der Waals surface area contributed by atoms with Gasteiger partial charge in [-0.1, -0.05) is 308 Å². The van der Waals surface area contributed by atoms with Crippen LogP contribution in [0.1, 0.15) is 131 Å². The fraction of sp³-hybridized carbons (Fsp3) is 0.146. The first-order chi connectivity index (χ1) is 51.5. The molecule has 0 unspecified atom stereocenters. The van der Waals surface area contributed by atoms with Gasteiger partial charge in [0.1, 0.15) is 0 Å². The molecule has 1 spiro atoms. The van der Waals surface area contributed by atoms with E-state index in [4.69, 9.17) is 0 Å². The molecule has 4 aliphatic carbocycles. The number of hydrogen-bond acceptors (Lipinski definition) is 2. The van der Waals surface area contributed by atoms with Crippen molar-refractivity contribution in [2.45, 2.75) is 95.3 Å². The summed E-state index contributed by atoms with van der Waals surface area (Å²) >= 11 is 0. The number of hydrogen-bond donors (Lipinski definition) is 0. The van der Waals surface area contributed by atoms with Gasteiger partial charge in [0, 0.05) is 44.7 Å². The van der Waals surface area contributed by atoms with Crippen molar-refractivity contribution in [2.24, 2.45) is 0 Å². The number of benzene rings is 14. The number of rotatable bonds is 20. The minimum absolute atomic E-state index is 0.199. The zero-order valence-electron chi connectivity index (χ0n) is 60.6. The van der Waals surface area contributed by atoms with Gasteiger partial charge < -0.3 is 9.80 Å². The summed E-state index contributed by atoms with van der Waals surface area (Å²) in [5.74, 6) is 0. The number of nitrogens with zero attached hydrogens (tertiary/aromatic N) is 2. The van der Waals surface area contributed by atoms with Crippen LogP contribution in [0.2, 0.25) is 0 Å². The molecule has 0 amide bonds. The van der Waals surface area contributed by atoms with Gasteiger partial charge in [0.15, 0.2) is 0 Å². The van der Waals surface area contributed by atoms with Gasteiger partial charge in [-0.2, -0.15) is 0 Å². The first-order valence-electron chi connectivity index (χ1n) is 37.9. The van der Waals surface area contributed by atoms with Crippen molar-refractivity contribution in [3.8, 4) is 66.8 Å². The summed E-state index contributed by atoms with van der Waals surface area (Å²) in [7, 11) is 0. The molecule has 0 atom stereocenters. The van der Waals surface area contributed by atoms with Crippen molar-refractivity contribution >= 4 is 46.3 Å². The molecule has 0 heterocycles. The van der Waals surface area contributed by atoms with Crippen LogP contribution in [-0.4, -0.2) is 0 Å². The lowest BCUT2D eigenvalue weighted by molar-refractivity contribution is 0.660. The van der Waals surface area contributed by atoms with E-state index in [-0.39, 0.29) is 10.8 Å². The summed E-state index contributed by atoms with van der Waals surface area (Å²) in [6, 6.07) is 120. The maximum atomic E-state index is 3.93. The molecule has 0 N–H and O–H groups in total. The van der Waals surface area contributed by atoms with Gasteiger partial charge in [-0.25, -0.2) is 0 Å². The van der Waals surface area contributed by atoms with Crippen LogP contribution in [-0.2, 0) is 41.9 Å². The first kappa shape index (κ1) is 65.2. The zero-order valence-corrected chi connectivity index (χ0v) is 60.6. The highest BCUT2D eigenvalue weighted by Gasteiger charge is 2.54. The van der Waals surface area contributed by atoms with Crippen LogP contribution in [0.25, 0.3) is 78.9 Å². The molecule has 2 nitrogen and oxygen atoms in total. The van der Waals surface area contributed by atoms with Crippen LogP contribution in [0.3, 0.4) is 0 Å². The van der Waals surface area contributed by atoms with Crippen LogP contribution in [0, 0.1) is 0 Å². The quantitative estimate of drug-likeness (QED) is 0.0702. The van der Waals surface area contributed by atoms with Gasteiger partial charge in [-0.3, -0.25) is 0 Å². The van der Waals surface area contributed by atoms with E-state index < -0.39 is 5.41 Å². The largest absolute Gasteiger partial charge is 0.310 e. The minimum Gasteiger partial charge on any atom is -0.310 e. The number of aryl methyl sites for hydroxylation is 4. The van der Waals surface area contributed by atoms with Crippen molar-refractivity contribution in [2.75, 3.05) is 9.80 Å². The van der Waals surface area contributed by atoms with E-state index in [1.54, 1.807) is 0 Å². The number of anilines is 6. The van der Waals surface area contributed by atoms with Gasteiger partial charge >= 0.3 is 0 Å². The fourth-order valence-corrected chi connectivity index (χ4v) is 18.4. The van der Waals surface area contributed by atoms with E-state index in [9.17, 15) is 0 Å². The topological polar surface area (TPSA) is 6.48 Å². The summed E-state index contributed by atoms with van der Waals surface area (Å²) in [4.78, 5) is 5.13. The fourth-order valence-electron chi connectivity index (χ4n) is 18.4. The number of fused-ring (bicyclic) bond motifs is 16. The average molecular weight is 1350 g/mol. The van der Waals surface area contributed by atoms with E-state index in [0.29, 0.717) is 0 Å². The Labute approximate surface area is 620 Å². The molecule has 14 aromatic rings. The summed E-state index contributed by atoms with van der Waals surface area (Å²) in [6.07, 6.45) is 12.8. The SMILES string of the molecule is C=Cc1ccc(CCCCc2ccc(-c3ccc(N(c4ccc5c(c4)C(C)(C)c4ccccc4-5)c4cccc5c4-c4ccccc4C54c5ccccc5-c5c(N(c6ccc(-c7ccc(CCCCc8ccc(C=C)cc8)cc7)cc6)c6ccc7c(c6)C(C)(C)c6ccccc6-7)cccc54)cc3)cc2)cc1. The molecular formula is C103H86N2. The Bertz CT molecular complexity index is 5310. The van der Waals surface area contributed by atoms with Gasteiger partial charge in [-0.15, -0.1) is 0 Å². The lowest BCUT2D eigenvalue weighted by atomic mass is 9.70. The molecule has 2 heteroatoms. The second-order valence-electron chi connectivity index (χ2n) is 30.5. The van der Waals surface area contributed by atoms with Crippen LogP contribution in [0.4, 0.5) is 34.1 Å². The summed E-state index contributed by atoms with van der Waals surface area (Å²) in [6.45, 7) is 17.4. The smallest absolute Gasteiger partial charge is 0.0727 e. The summed E-state index contributed by atoms with van der Waals surface area (Å²) in [5.41, 5.74) is 39.3.